The SMILES string of the molecule is COc1ccc(C(=O)N(CCCN)Cc2cccc(NC(=O)c3snnc3C)c2)cc1. The standard InChI is InChI=1S/C22H25N5O3S/c1-15-20(31-26-25-15)21(28)24-18-6-3-5-16(13-18)14-27(12-4-11-23)22(29)17-7-9-19(30-2)10-8-17/h3,5-10,13H,4,11-12,14,23H2,1-2H3,(H,24,28). The number of hydrogen-bond donors (Lipinski definition) is 2. The number of aryl methyl sites for hydroxylation is 1. The Morgan fingerprint density at radius 2 is 1.97 bits per heavy atom. The van der Waals surface area contributed by atoms with Crippen molar-refractivity contribution in [1.29, 1.82) is 0 Å². The number of carbonyl (C=O) groups excluding carboxylic acids is 2. The van der Waals surface area contributed by atoms with Gasteiger partial charge in [-0.25, -0.2) is 0 Å². The number of anilines is 1. The van der Waals surface area contributed by atoms with Gasteiger partial charge < -0.3 is 20.7 Å². The van der Waals surface area contributed by atoms with Crippen LogP contribution in [0.3, 0.4) is 0 Å². The molecule has 9 heteroatoms. The highest BCUT2D eigenvalue weighted by molar-refractivity contribution is 7.08. The molecular weight excluding hydrogens is 414 g/mol. The lowest BCUT2D eigenvalue weighted by Crippen LogP contribution is -2.32. The van der Waals surface area contributed by atoms with Crippen molar-refractivity contribution in [2.75, 3.05) is 25.5 Å². The van der Waals surface area contributed by atoms with Crippen LogP contribution < -0.4 is 15.8 Å². The van der Waals surface area contributed by atoms with Crippen molar-refractivity contribution in [3.05, 3.63) is 70.2 Å². The Morgan fingerprint density at radius 1 is 1.19 bits per heavy atom. The first-order valence-electron chi connectivity index (χ1n) is 9.84. The Hall–Kier alpha value is -3.30. The third-order valence-corrected chi connectivity index (χ3v) is 5.50. The molecule has 0 fully saturated rings. The third kappa shape index (κ3) is 5.87. The molecule has 0 aliphatic rings. The molecule has 0 saturated heterocycles. The summed E-state index contributed by atoms with van der Waals surface area (Å²) < 4.78 is 8.96. The number of aromatic nitrogens is 2. The average molecular weight is 440 g/mol. The van der Waals surface area contributed by atoms with E-state index in [4.69, 9.17) is 10.5 Å². The minimum absolute atomic E-state index is 0.0862. The summed E-state index contributed by atoms with van der Waals surface area (Å²) in [6, 6.07) is 14.5. The molecule has 3 rings (SSSR count). The number of nitrogens with two attached hydrogens (primary N) is 1. The number of nitrogens with zero attached hydrogens (tertiary/aromatic N) is 3. The zero-order valence-electron chi connectivity index (χ0n) is 17.5. The van der Waals surface area contributed by atoms with Crippen molar-refractivity contribution in [2.24, 2.45) is 5.73 Å². The quantitative estimate of drug-likeness (QED) is 0.530. The van der Waals surface area contributed by atoms with Gasteiger partial charge in [0.1, 0.15) is 10.6 Å². The molecule has 8 nitrogen and oxygen atoms in total. The lowest BCUT2D eigenvalue weighted by molar-refractivity contribution is 0.0742. The van der Waals surface area contributed by atoms with Gasteiger partial charge in [-0.15, -0.1) is 5.10 Å². The Morgan fingerprint density at radius 3 is 2.61 bits per heavy atom. The van der Waals surface area contributed by atoms with Crippen LogP contribution in [0.2, 0.25) is 0 Å². The Bertz CT molecular complexity index is 1040. The second kappa shape index (κ2) is 10.6. The van der Waals surface area contributed by atoms with Crippen LogP contribution in [0.15, 0.2) is 48.5 Å². The van der Waals surface area contributed by atoms with Gasteiger partial charge in [0.05, 0.1) is 12.8 Å². The maximum absolute atomic E-state index is 13.1. The van der Waals surface area contributed by atoms with Crippen molar-refractivity contribution < 1.29 is 14.3 Å². The molecular formula is C22H25N5O3S. The maximum atomic E-state index is 13.1. The minimum Gasteiger partial charge on any atom is -0.497 e. The van der Waals surface area contributed by atoms with Crippen molar-refractivity contribution >= 4 is 29.0 Å². The third-order valence-electron chi connectivity index (χ3n) is 4.67. The molecule has 1 heterocycles. The van der Waals surface area contributed by atoms with E-state index in [1.54, 1.807) is 49.3 Å². The van der Waals surface area contributed by atoms with E-state index in [1.807, 2.05) is 18.2 Å². The van der Waals surface area contributed by atoms with Gasteiger partial charge in [0.15, 0.2) is 0 Å². The van der Waals surface area contributed by atoms with Crippen LogP contribution in [0.4, 0.5) is 5.69 Å². The van der Waals surface area contributed by atoms with Crippen LogP contribution in [-0.2, 0) is 6.54 Å². The first kappa shape index (κ1) is 22.4. The molecule has 31 heavy (non-hydrogen) atoms. The summed E-state index contributed by atoms with van der Waals surface area (Å²) in [5.41, 5.74) is 8.39. The number of nitrogens with one attached hydrogen (secondary N) is 1. The first-order valence-corrected chi connectivity index (χ1v) is 10.6. The number of carbonyl (C=O) groups is 2. The molecule has 162 valence electrons. The van der Waals surface area contributed by atoms with Crippen molar-refractivity contribution in [3.8, 4) is 5.75 Å². The number of benzene rings is 2. The second-order valence-corrected chi connectivity index (χ2v) is 7.69. The maximum Gasteiger partial charge on any atom is 0.269 e. The van der Waals surface area contributed by atoms with Crippen LogP contribution in [-0.4, -0.2) is 46.5 Å². The molecule has 3 N–H and O–H groups in total. The normalized spacial score (nSPS) is 10.5. The molecule has 0 spiro atoms. The molecule has 1 aromatic heterocycles. The Kier molecular flexibility index (Phi) is 7.69. The summed E-state index contributed by atoms with van der Waals surface area (Å²) in [4.78, 5) is 27.8. The van der Waals surface area contributed by atoms with E-state index in [9.17, 15) is 9.59 Å². The summed E-state index contributed by atoms with van der Waals surface area (Å²) in [6.07, 6.45) is 0.690. The molecule has 0 aliphatic carbocycles. The van der Waals surface area contributed by atoms with E-state index < -0.39 is 0 Å². The van der Waals surface area contributed by atoms with E-state index in [2.05, 4.69) is 14.9 Å². The largest absolute Gasteiger partial charge is 0.497 e. The highest BCUT2D eigenvalue weighted by atomic mass is 32.1. The molecule has 0 aliphatic heterocycles. The van der Waals surface area contributed by atoms with Crippen molar-refractivity contribution in [3.63, 3.8) is 0 Å². The molecule has 2 aromatic carbocycles. The van der Waals surface area contributed by atoms with Crippen molar-refractivity contribution in [2.45, 2.75) is 19.9 Å². The summed E-state index contributed by atoms with van der Waals surface area (Å²) in [5.74, 6) is 0.357. The average Bonchev–Trinajstić information content (AvgIpc) is 3.22. The van der Waals surface area contributed by atoms with Crippen LogP contribution in [0.25, 0.3) is 0 Å². The van der Waals surface area contributed by atoms with Gasteiger partial charge >= 0.3 is 0 Å². The van der Waals surface area contributed by atoms with E-state index in [1.165, 1.54) is 0 Å². The Balaban J connectivity index is 1.74. The number of hydrogen-bond acceptors (Lipinski definition) is 7. The topological polar surface area (TPSA) is 110 Å². The molecule has 0 bridgehead atoms. The molecule has 3 aromatic rings. The van der Waals surface area contributed by atoms with E-state index in [0.29, 0.717) is 53.6 Å². The van der Waals surface area contributed by atoms with Gasteiger partial charge in [0, 0.05) is 24.3 Å². The zero-order chi connectivity index (χ0) is 22.2. The van der Waals surface area contributed by atoms with Crippen molar-refractivity contribution in [1.82, 2.24) is 14.5 Å². The number of amides is 2. The molecule has 0 atom stereocenters. The predicted octanol–water partition coefficient (Wildman–Crippen LogP) is 3.10. The number of rotatable bonds is 9. The van der Waals surface area contributed by atoms with Crippen LogP contribution in [0.1, 0.15) is 37.7 Å². The molecule has 0 unspecified atom stereocenters. The monoisotopic (exact) mass is 439 g/mol. The Labute approximate surface area is 185 Å². The van der Waals surface area contributed by atoms with Gasteiger partial charge in [-0.2, -0.15) is 0 Å². The fourth-order valence-electron chi connectivity index (χ4n) is 3.05. The highest BCUT2D eigenvalue weighted by Crippen LogP contribution is 2.18. The summed E-state index contributed by atoms with van der Waals surface area (Å²) in [7, 11) is 1.59. The smallest absolute Gasteiger partial charge is 0.269 e. The van der Waals surface area contributed by atoms with Gasteiger partial charge in [0.25, 0.3) is 11.8 Å². The predicted molar refractivity (Wildman–Crippen MR) is 120 cm³/mol. The van der Waals surface area contributed by atoms with Gasteiger partial charge in [-0.1, -0.05) is 16.6 Å². The highest BCUT2D eigenvalue weighted by Gasteiger charge is 2.17. The zero-order valence-corrected chi connectivity index (χ0v) is 18.3. The number of ether oxygens (including phenoxy) is 1. The van der Waals surface area contributed by atoms with Crippen LogP contribution in [0.5, 0.6) is 5.75 Å². The summed E-state index contributed by atoms with van der Waals surface area (Å²) >= 11 is 1.06. The van der Waals surface area contributed by atoms with Gasteiger partial charge in [0.2, 0.25) is 0 Å². The van der Waals surface area contributed by atoms with Crippen LogP contribution in [0, 0.1) is 6.92 Å². The molecule has 0 saturated carbocycles. The van der Waals surface area contributed by atoms with E-state index >= 15 is 0 Å². The lowest BCUT2D eigenvalue weighted by atomic mass is 10.1. The lowest BCUT2D eigenvalue weighted by Gasteiger charge is -2.23. The summed E-state index contributed by atoms with van der Waals surface area (Å²) in [5, 5.41) is 6.74. The van der Waals surface area contributed by atoms with Crippen LogP contribution >= 0.6 is 11.5 Å². The first-order chi connectivity index (χ1) is 15.0. The minimum atomic E-state index is -0.251. The molecule has 0 radical (unpaired) electrons. The van der Waals surface area contributed by atoms with E-state index in [-0.39, 0.29) is 11.8 Å². The second-order valence-electron chi connectivity index (χ2n) is 6.94. The van der Waals surface area contributed by atoms with Gasteiger partial charge in [-0.05, 0) is 73.4 Å². The fourth-order valence-corrected chi connectivity index (χ4v) is 3.60. The van der Waals surface area contributed by atoms with Gasteiger partial charge in [-0.3, -0.25) is 9.59 Å². The van der Waals surface area contributed by atoms with E-state index in [0.717, 1.165) is 17.1 Å². The fraction of sp³-hybridized carbons (Fsp3) is 0.273. The summed E-state index contributed by atoms with van der Waals surface area (Å²) in [6.45, 7) is 3.17. The number of methoxy groups -OCH3 is 1. The molecule has 2 amide bonds.